The van der Waals surface area contributed by atoms with Crippen molar-refractivity contribution in [2.24, 2.45) is 0 Å². The van der Waals surface area contributed by atoms with Gasteiger partial charge in [0.05, 0.1) is 12.3 Å². The van der Waals surface area contributed by atoms with E-state index in [-0.39, 0.29) is 4.90 Å². The van der Waals surface area contributed by atoms with Gasteiger partial charge < -0.3 is 15.4 Å². The van der Waals surface area contributed by atoms with Crippen LogP contribution in [0.1, 0.15) is 6.92 Å². The molecule has 0 fully saturated rings. The summed E-state index contributed by atoms with van der Waals surface area (Å²) in [6, 6.07) is 13.3. The SMILES string of the molecule is CCOc1ccc(NC(=O)[C@@H]2Nc3ccccc3S(=O)(=O)N2)cc1. The van der Waals surface area contributed by atoms with Gasteiger partial charge in [0.1, 0.15) is 10.6 Å². The lowest BCUT2D eigenvalue weighted by Gasteiger charge is -2.27. The fourth-order valence-electron chi connectivity index (χ4n) is 2.36. The Morgan fingerprint density at radius 1 is 1.17 bits per heavy atom. The summed E-state index contributed by atoms with van der Waals surface area (Å²) in [6.07, 6.45) is -1.09. The molecule has 24 heavy (non-hydrogen) atoms. The van der Waals surface area contributed by atoms with Gasteiger partial charge in [-0.3, -0.25) is 4.79 Å². The number of amides is 1. The molecule has 0 saturated heterocycles. The van der Waals surface area contributed by atoms with Crippen molar-refractivity contribution >= 4 is 27.3 Å². The number of benzene rings is 2. The van der Waals surface area contributed by atoms with Crippen LogP contribution < -0.4 is 20.1 Å². The van der Waals surface area contributed by atoms with Gasteiger partial charge in [-0.15, -0.1) is 0 Å². The molecule has 0 aromatic heterocycles. The first-order chi connectivity index (χ1) is 11.5. The predicted octanol–water partition coefficient (Wildman–Crippen LogP) is 1.75. The molecule has 3 N–H and O–H groups in total. The lowest BCUT2D eigenvalue weighted by atomic mass is 10.2. The summed E-state index contributed by atoms with van der Waals surface area (Å²) in [4.78, 5) is 12.5. The van der Waals surface area contributed by atoms with Gasteiger partial charge in [-0.25, -0.2) is 8.42 Å². The lowest BCUT2D eigenvalue weighted by Crippen LogP contribution is -2.51. The zero-order chi connectivity index (χ0) is 17.2. The molecule has 0 aliphatic carbocycles. The average molecular weight is 347 g/mol. The minimum absolute atomic E-state index is 0.120. The fourth-order valence-corrected chi connectivity index (χ4v) is 3.64. The first kappa shape index (κ1) is 16.3. The molecular weight excluding hydrogens is 330 g/mol. The van der Waals surface area contributed by atoms with E-state index in [4.69, 9.17) is 4.74 Å². The Bertz CT molecular complexity index is 850. The Morgan fingerprint density at radius 3 is 2.58 bits per heavy atom. The second-order valence-corrected chi connectivity index (χ2v) is 6.82. The van der Waals surface area contributed by atoms with Crippen molar-refractivity contribution < 1.29 is 17.9 Å². The predicted molar refractivity (Wildman–Crippen MR) is 90.4 cm³/mol. The number of sulfonamides is 1. The number of ether oxygens (including phenoxy) is 1. The molecule has 0 spiro atoms. The minimum atomic E-state index is -3.74. The standard InChI is InChI=1S/C16H17N3O4S/c1-2-23-12-9-7-11(8-10-12)17-16(20)15-18-13-5-3-4-6-14(13)24(21,22)19-15/h3-10,15,18-19H,2H2,1H3,(H,17,20)/t15-/m1/s1. The first-order valence-corrected chi connectivity index (χ1v) is 8.89. The van der Waals surface area contributed by atoms with Crippen LogP contribution in [0.25, 0.3) is 0 Å². The van der Waals surface area contributed by atoms with Gasteiger partial charge in [0.15, 0.2) is 6.17 Å². The van der Waals surface area contributed by atoms with E-state index in [2.05, 4.69) is 15.4 Å². The number of hydrogen-bond donors (Lipinski definition) is 3. The van der Waals surface area contributed by atoms with Crippen LogP contribution in [0.15, 0.2) is 53.4 Å². The van der Waals surface area contributed by atoms with Crippen LogP contribution in [0, 0.1) is 0 Å². The summed E-state index contributed by atoms with van der Waals surface area (Å²) >= 11 is 0. The molecule has 0 saturated carbocycles. The lowest BCUT2D eigenvalue weighted by molar-refractivity contribution is -0.117. The quantitative estimate of drug-likeness (QED) is 0.783. The number of carbonyl (C=O) groups excluding carboxylic acids is 1. The zero-order valence-corrected chi connectivity index (χ0v) is 13.8. The van der Waals surface area contributed by atoms with Crippen LogP contribution in [-0.4, -0.2) is 27.1 Å². The number of para-hydroxylation sites is 1. The van der Waals surface area contributed by atoms with E-state index in [0.29, 0.717) is 23.7 Å². The van der Waals surface area contributed by atoms with E-state index in [1.807, 2.05) is 6.92 Å². The van der Waals surface area contributed by atoms with Crippen molar-refractivity contribution in [2.45, 2.75) is 18.0 Å². The van der Waals surface area contributed by atoms with E-state index >= 15 is 0 Å². The highest BCUT2D eigenvalue weighted by Gasteiger charge is 2.32. The molecule has 7 nitrogen and oxygen atoms in total. The highest BCUT2D eigenvalue weighted by atomic mass is 32.2. The van der Waals surface area contributed by atoms with Gasteiger partial charge in [0, 0.05) is 5.69 Å². The Labute approximate surface area is 140 Å². The van der Waals surface area contributed by atoms with E-state index < -0.39 is 22.1 Å². The molecule has 1 aliphatic rings. The average Bonchev–Trinajstić information content (AvgIpc) is 2.56. The molecule has 1 atom stereocenters. The van der Waals surface area contributed by atoms with Crippen LogP contribution in [0.5, 0.6) is 5.75 Å². The Kier molecular flexibility index (Phi) is 4.41. The number of fused-ring (bicyclic) bond motifs is 1. The van der Waals surface area contributed by atoms with Crippen LogP contribution in [0.4, 0.5) is 11.4 Å². The minimum Gasteiger partial charge on any atom is -0.494 e. The smallest absolute Gasteiger partial charge is 0.262 e. The molecule has 8 heteroatoms. The molecule has 3 rings (SSSR count). The summed E-state index contributed by atoms with van der Waals surface area (Å²) in [6.45, 7) is 2.44. The van der Waals surface area contributed by atoms with Crippen molar-refractivity contribution in [3.05, 3.63) is 48.5 Å². The molecule has 2 aromatic rings. The van der Waals surface area contributed by atoms with E-state index in [0.717, 1.165) is 0 Å². The summed E-state index contributed by atoms with van der Waals surface area (Å²) in [5.74, 6) is 0.193. The molecule has 1 aliphatic heterocycles. The third kappa shape index (κ3) is 3.34. The normalized spacial score (nSPS) is 18.1. The summed E-state index contributed by atoms with van der Waals surface area (Å²) < 4.78 is 32.1. The summed E-state index contributed by atoms with van der Waals surface area (Å²) in [5.41, 5.74) is 0.936. The third-order valence-electron chi connectivity index (χ3n) is 3.44. The highest BCUT2D eigenvalue weighted by Crippen LogP contribution is 2.25. The van der Waals surface area contributed by atoms with Gasteiger partial charge in [-0.2, -0.15) is 4.72 Å². The Hall–Kier alpha value is -2.58. The number of carbonyl (C=O) groups is 1. The van der Waals surface area contributed by atoms with Gasteiger partial charge in [0.25, 0.3) is 5.91 Å². The number of rotatable bonds is 4. The molecule has 0 bridgehead atoms. The molecule has 1 heterocycles. The molecule has 2 aromatic carbocycles. The van der Waals surface area contributed by atoms with Crippen molar-refractivity contribution in [3.63, 3.8) is 0 Å². The highest BCUT2D eigenvalue weighted by molar-refractivity contribution is 7.89. The molecule has 0 radical (unpaired) electrons. The van der Waals surface area contributed by atoms with Crippen molar-refractivity contribution in [1.82, 2.24) is 4.72 Å². The summed E-state index contributed by atoms with van der Waals surface area (Å²) in [5, 5.41) is 5.54. The van der Waals surface area contributed by atoms with E-state index in [9.17, 15) is 13.2 Å². The zero-order valence-electron chi connectivity index (χ0n) is 12.9. The second kappa shape index (κ2) is 6.50. The Morgan fingerprint density at radius 2 is 1.88 bits per heavy atom. The molecule has 1 amide bonds. The monoisotopic (exact) mass is 347 g/mol. The van der Waals surface area contributed by atoms with Gasteiger partial charge in [-0.1, -0.05) is 12.1 Å². The second-order valence-electron chi connectivity index (χ2n) is 5.14. The van der Waals surface area contributed by atoms with Crippen LogP contribution in [0.3, 0.4) is 0 Å². The van der Waals surface area contributed by atoms with Crippen molar-refractivity contribution in [1.29, 1.82) is 0 Å². The van der Waals surface area contributed by atoms with Crippen molar-refractivity contribution in [2.75, 3.05) is 17.2 Å². The fraction of sp³-hybridized carbons (Fsp3) is 0.188. The number of nitrogens with one attached hydrogen (secondary N) is 3. The first-order valence-electron chi connectivity index (χ1n) is 7.41. The maximum Gasteiger partial charge on any atom is 0.262 e. The topological polar surface area (TPSA) is 96.5 Å². The number of anilines is 2. The van der Waals surface area contributed by atoms with Gasteiger partial charge in [0.2, 0.25) is 10.0 Å². The maximum atomic E-state index is 12.3. The van der Waals surface area contributed by atoms with Crippen LogP contribution in [0.2, 0.25) is 0 Å². The molecular formula is C16H17N3O4S. The van der Waals surface area contributed by atoms with E-state index in [1.165, 1.54) is 6.07 Å². The van der Waals surface area contributed by atoms with E-state index in [1.54, 1.807) is 42.5 Å². The summed E-state index contributed by atoms with van der Waals surface area (Å²) in [7, 11) is -3.74. The van der Waals surface area contributed by atoms with Crippen LogP contribution in [-0.2, 0) is 14.8 Å². The largest absolute Gasteiger partial charge is 0.494 e. The van der Waals surface area contributed by atoms with Gasteiger partial charge in [-0.05, 0) is 43.3 Å². The molecule has 0 unspecified atom stereocenters. The number of hydrogen-bond acceptors (Lipinski definition) is 5. The van der Waals surface area contributed by atoms with Gasteiger partial charge >= 0.3 is 0 Å². The van der Waals surface area contributed by atoms with Crippen LogP contribution >= 0.6 is 0 Å². The van der Waals surface area contributed by atoms with Crippen molar-refractivity contribution in [3.8, 4) is 5.75 Å². The maximum absolute atomic E-state index is 12.3. The molecule has 126 valence electrons. The Balaban J connectivity index is 1.74. The third-order valence-corrected chi connectivity index (χ3v) is 4.93.